The maximum Gasteiger partial charge on any atom is 0.322 e. The number of benzene rings is 2. The molecule has 3 aliphatic rings. The molecule has 2 aliphatic heterocycles. The van der Waals surface area contributed by atoms with Crippen LogP contribution in [-0.4, -0.2) is 90.9 Å². The molecular formula is C29H31N5O5. The van der Waals surface area contributed by atoms with Crippen LogP contribution in [0.5, 0.6) is 5.75 Å². The van der Waals surface area contributed by atoms with E-state index in [2.05, 4.69) is 22.1 Å². The topological polar surface area (TPSA) is 111 Å². The number of nitrogens with one attached hydrogen (secondary N) is 2. The smallest absolute Gasteiger partial charge is 0.322 e. The van der Waals surface area contributed by atoms with Gasteiger partial charge in [-0.1, -0.05) is 17.9 Å². The van der Waals surface area contributed by atoms with Gasteiger partial charge in [0.15, 0.2) is 0 Å². The number of carbonyl (C=O) groups is 4. The summed E-state index contributed by atoms with van der Waals surface area (Å²) < 4.78 is 5.23. The second-order valence-corrected chi connectivity index (χ2v) is 9.90. The number of hydrogen-bond donors (Lipinski definition) is 2. The fourth-order valence-corrected chi connectivity index (χ4v) is 4.99. The molecule has 2 fully saturated rings. The van der Waals surface area contributed by atoms with Crippen molar-refractivity contribution in [3.63, 3.8) is 0 Å². The molecule has 202 valence electrons. The maximum absolute atomic E-state index is 13.0. The van der Waals surface area contributed by atoms with E-state index >= 15 is 0 Å². The summed E-state index contributed by atoms with van der Waals surface area (Å²) >= 11 is 0. The van der Waals surface area contributed by atoms with Crippen molar-refractivity contribution in [2.75, 3.05) is 39.8 Å². The van der Waals surface area contributed by atoms with E-state index in [9.17, 15) is 19.2 Å². The first-order valence-electron chi connectivity index (χ1n) is 13.1. The van der Waals surface area contributed by atoms with Crippen molar-refractivity contribution >= 4 is 24.3 Å². The molecule has 2 N–H and O–H groups in total. The Morgan fingerprint density at radius 2 is 1.85 bits per heavy atom. The van der Waals surface area contributed by atoms with Crippen molar-refractivity contribution in [3.8, 4) is 17.6 Å². The van der Waals surface area contributed by atoms with Crippen molar-refractivity contribution in [1.29, 1.82) is 0 Å². The monoisotopic (exact) mass is 529 g/mol. The molecule has 5 rings (SSSR count). The van der Waals surface area contributed by atoms with E-state index in [-0.39, 0.29) is 24.8 Å². The van der Waals surface area contributed by atoms with E-state index in [1.54, 1.807) is 48.4 Å². The third-order valence-corrected chi connectivity index (χ3v) is 7.28. The summed E-state index contributed by atoms with van der Waals surface area (Å²) in [4.78, 5) is 54.7. The van der Waals surface area contributed by atoms with Crippen molar-refractivity contribution < 1.29 is 23.9 Å². The van der Waals surface area contributed by atoms with Gasteiger partial charge in [0, 0.05) is 55.5 Å². The summed E-state index contributed by atoms with van der Waals surface area (Å²) in [5, 5.41) is 4.68. The molecular weight excluding hydrogens is 498 g/mol. The number of amides is 5. The summed E-state index contributed by atoms with van der Waals surface area (Å²) in [6.45, 7) is 3.81. The standard InChI is InChI=1S/C29H31N5O5/c1-39-25-11-7-22-17-34(28(37)26(22)16-25)18-23(31-29(38)30-19-35)8-4-20-2-5-21(6-3-20)27(36)33-14-12-32(13-15-33)24-9-10-24/h2-3,5-7,11,16,19,23-24H,9-10,12-15,17-18H2,1H3,(H2,30,31,35,38)/t23-/m1/s1. The van der Waals surface area contributed by atoms with Crippen molar-refractivity contribution in [2.45, 2.75) is 31.5 Å². The molecule has 10 heteroatoms. The van der Waals surface area contributed by atoms with Gasteiger partial charge < -0.3 is 19.9 Å². The lowest BCUT2D eigenvalue weighted by atomic mass is 10.1. The normalized spacial score (nSPS) is 17.5. The number of carbonyl (C=O) groups excluding carboxylic acids is 4. The Kier molecular flexibility index (Phi) is 7.79. The number of ether oxygens (including phenoxy) is 1. The van der Waals surface area contributed by atoms with Crippen LogP contribution in [0, 0.1) is 11.8 Å². The number of urea groups is 1. The summed E-state index contributed by atoms with van der Waals surface area (Å²) in [5.74, 6) is 6.43. The summed E-state index contributed by atoms with van der Waals surface area (Å²) in [5.41, 5.74) is 2.68. The molecule has 39 heavy (non-hydrogen) atoms. The highest BCUT2D eigenvalue weighted by atomic mass is 16.5. The van der Waals surface area contributed by atoms with Crippen LogP contribution in [0.15, 0.2) is 42.5 Å². The fraction of sp³-hybridized carbons (Fsp3) is 0.379. The highest BCUT2D eigenvalue weighted by Gasteiger charge is 2.32. The van der Waals surface area contributed by atoms with Crippen LogP contribution in [0.25, 0.3) is 0 Å². The molecule has 2 heterocycles. The van der Waals surface area contributed by atoms with Crippen LogP contribution in [-0.2, 0) is 11.3 Å². The first-order chi connectivity index (χ1) is 18.9. The van der Waals surface area contributed by atoms with Gasteiger partial charge in [-0.25, -0.2) is 4.79 Å². The van der Waals surface area contributed by atoms with Gasteiger partial charge in [-0.3, -0.25) is 24.6 Å². The zero-order valence-electron chi connectivity index (χ0n) is 21.8. The fourth-order valence-electron chi connectivity index (χ4n) is 4.99. The van der Waals surface area contributed by atoms with Crippen molar-refractivity contribution in [3.05, 3.63) is 64.7 Å². The molecule has 10 nitrogen and oxygen atoms in total. The van der Waals surface area contributed by atoms with E-state index in [0.29, 0.717) is 35.0 Å². The van der Waals surface area contributed by atoms with E-state index in [4.69, 9.17) is 4.74 Å². The molecule has 1 saturated heterocycles. The highest BCUT2D eigenvalue weighted by Crippen LogP contribution is 2.28. The summed E-state index contributed by atoms with van der Waals surface area (Å²) in [6, 6.07) is 11.7. The van der Waals surface area contributed by atoms with Gasteiger partial charge in [-0.05, 0) is 54.8 Å². The molecule has 1 atom stereocenters. The Morgan fingerprint density at radius 3 is 2.51 bits per heavy atom. The Balaban J connectivity index is 1.24. The van der Waals surface area contributed by atoms with E-state index < -0.39 is 12.1 Å². The maximum atomic E-state index is 13.0. The molecule has 0 unspecified atom stereocenters. The van der Waals surface area contributed by atoms with Crippen LogP contribution >= 0.6 is 0 Å². The minimum absolute atomic E-state index is 0.0128. The van der Waals surface area contributed by atoms with Gasteiger partial charge in [0.2, 0.25) is 6.41 Å². The number of nitrogens with zero attached hydrogens (tertiary/aromatic N) is 3. The average Bonchev–Trinajstić information content (AvgIpc) is 3.76. The second kappa shape index (κ2) is 11.6. The molecule has 0 spiro atoms. The number of hydrogen-bond acceptors (Lipinski definition) is 6. The van der Waals surface area contributed by atoms with Gasteiger partial charge in [-0.2, -0.15) is 0 Å². The first-order valence-corrected chi connectivity index (χ1v) is 13.1. The molecule has 2 aromatic rings. The Bertz CT molecular complexity index is 1320. The van der Waals surface area contributed by atoms with Crippen LogP contribution in [0.4, 0.5) is 4.79 Å². The average molecular weight is 530 g/mol. The zero-order valence-corrected chi connectivity index (χ0v) is 21.8. The first kappa shape index (κ1) is 26.3. The predicted molar refractivity (Wildman–Crippen MR) is 143 cm³/mol. The van der Waals surface area contributed by atoms with Gasteiger partial charge in [0.25, 0.3) is 11.8 Å². The van der Waals surface area contributed by atoms with E-state index in [1.807, 2.05) is 16.3 Å². The van der Waals surface area contributed by atoms with Gasteiger partial charge in [0.1, 0.15) is 11.8 Å². The van der Waals surface area contributed by atoms with Crippen molar-refractivity contribution in [1.82, 2.24) is 25.3 Å². The zero-order chi connectivity index (χ0) is 27.4. The summed E-state index contributed by atoms with van der Waals surface area (Å²) in [6.07, 6.45) is 2.82. The molecule has 0 bridgehead atoms. The van der Waals surface area contributed by atoms with E-state index in [1.165, 1.54) is 12.8 Å². The molecule has 1 saturated carbocycles. The van der Waals surface area contributed by atoms with E-state index in [0.717, 1.165) is 31.7 Å². The van der Waals surface area contributed by atoms with Crippen LogP contribution < -0.4 is 15.4 Å². The van der Waals surface area contributed by atoms with Gasteiger partial charge >= 0.3 is 6.03 Å². The van der Waals surface area contributed by atoms with Crippen molar-refractivity contribution in [2.24, 2.45) is 0 Å². The number of fused-ring (bicyclic) bond motifs is 1. The van der Waals surface area contributed by atoms with Gasteiger partial charge in [-0.15, -0.1) is 0 Å². The number of methoxy groups -OCH3 is 1. The Labute approximate surface area is 227 Å². The lowest BCUT2D eigenvalue weighted by Gasteiger charge is -2.34. The lowest BCUT2D eigenvalue weighted by Crippen LogP contribution is -2.49. The number of rotatable bonds is 7. The minimum Gasteiger partial charge on any atom is -0.497 e. The SMILES string of the molecule is COc1ccc2c(c1)C(=O)N(C[C@@H](C#Cc1ccc(C(=O)N3CCN(C4CC4)CC3)cc1)NC(=O)NC=O)C2. The Hall–Kier alpha value is -4.36. The molecule has 2 aromatic carbocycles. The van der Waals surface area contributed by atoms with Gasteiger partial charge in [0.05, 0.1) is 13.7 Å². The third kappa shape index (κ3) is 6.21. The highest BCUT2D eigenvalue weighted by molar-refractivity contribution is 5.99. The Morgan fingerprint density at radius 1 is 1.10 bits per heavy atom. The summed E-state index contributed by atoms with van der Waals surface area (Å²) in [7, 11) is 1.54. The largest absolute Gasteiger partial charge is 0.497 e. The van der Waals surface area contributed by atoms with Crippen LogP contribution in [0.2, 0.25) is 0 Å². The molecule has 0 aromatic heterocycles. The minimum atomic E-state index is -0.742. The predicted octanol–water partition coefficient (Wildman–Crippen LogP) is 1.45. The molecule has 1 aliphatic carbocycles. The second-order valence-electron chi connectivity index (χ2n) is 9.90. The molecule has 0 radical (unpaired) electrons. The number of piperazine rings is 1. The number of imide groups is 1. The van der Waals surface area contributed by atoms with Crippen LogP contribution in [0.3, 0.4) is 0 Å². The quantitative estimate of drug-likeness (QED) is 0.415. The molecule has 5 amide bonds. The third-order valence-electron chi connectivity index (χ3n) is 7.28. The lowest BCUT2D eigenvalue weighted by molar-refractivity contribution is -0.108. The van der Waals surface area contributed by atoms with Crippen LogP contribution in [0.1, 0.15) is 44.7 Å².